The summed E-state index contributed by atoms with van der Waals surface area (Å²) >= 11 is 5.95. The van der Waals surface area contributed by atoms with E-state index in [0.717, 1.165) is 11.3 Å². The second-order valence-electron chi connectivity index (χ2n) is 4.77. The summed E-state index contributed by atoms with van der Waals surface area (Å²) in [5.41, 5.74) is 1.90. The molecule has 0 saturated heterocycles. The Morgan fingerprint density at radius 3 is 2.95 bits per heavy atom. The van der Waals surface area contributed by atoms with Crippen molar-refractivity contribution >= 4 is 23.2 Å². The summed E-state index contributed by atoms with van der Waals surface area (Å²) in [5.74, 6) is 1.78. The van der Waals surface area contributed by atoms with Gasteiger partial charge in [-0.2, -0.15) is 4.98 Å². The summed E-state index contributed by atoms with van der Waals surface area (Å²) < 4.78 is 5.75. The number of ether oxygens (including phenoxy) is 1. The van der Waals surface area contributed by atoms with Gasteiger partial charge >= 0.3 is 0 Å². The van der Waals surface area contributed by atoms with Crippen molar-refractivity contribution in [1.82, 2.24) is 9.97 Å². The number of benzene rings is 1. The molecule has 0 fully saturated rings. The van der Waals surface area contributed by atoms with Crippen LogP contribution in [0.5, 0.6) is 11.6 Å². The van der Waals surface area contributed by atoms with E-state index in [1.807, 2.05) is 19.1 Å². The zero-order valence-corrected chi connectivity index (χ0v) is 12.3. The second-order valence-corrected chi connectivity index (χ2v) is 5.16. The Kier molecular flexibility index (Phi) is 3.75. The van der Waals surface area contributed by atoms with E-state index in [1.54, 1.807) is 12.1 Å². The third-order valence-corrected chi connectivity index (χ3v) is 3.42. The lowest BCUT2D eigenvalue weighted by atomic mass is 10.0. The number of amides is 1. The molecule has 0 aliphatic carbocycles. The van der Waals surface area contributed by atoms with Crippen molar-refractivity contribution in [2.75, 3.05) is 5.32 Å². The lowest BCUT2D eigenvalue weighted by Gasteiger charge is -2.17. The maximum absolute atomic E-state index is 11.3. The first kappa shape index (κ1) is 13.8. The van der Waals surface area contributed by atoms with Gasteiger partial charge in [-0.1, -0.05) is 18.5 Å². The lowest BCUT2D eigenvalue weighted by Crippen LogP contribution is -2.18. The van der Waals surface area contributed by atoms with Crippen molar-refractivity contribution in [2.24, 2.45) is 0 Å². The van der Waals surface area contributed by atoms with Crippen LogP contribution >= 0.6 is 11.6 Å². The monoisotopic (exact) mass is 303 g/mol. The molecule has 1 aromatic heterocycles. The molecular weight excluding hydrogens is 290 g/mol. The van der Waals surface area contributed by atoms with Crippen molar-refractivity contribution in [3.8, 4) is 11.6 Å². The predicted molar refractivity (Wildman–Crippen MR) is 79.9 cm³/mol. The number of halogens is 1. The molecule has 0 atom stereocenters. The number of carbonyl (C=O) groups is 1. The number of aromatic nitrogens is 2. The molecule has 0 bridgehead atoms. The van der Waals surface area contributed by atoms with Gasteiger partial charge in [-0.05, 0) is 30.2 Å². The summed E-state index contributed by atoms with van der Waals surface area (Å²) in [7, 11) is 0. The number of aryl methyl sites for hydroxylation is 2. The van der Waals surface area contributed by atoms with Crippen LogP contribution in [-0.4, -0.2) is 15.9 Å². The quantitative estimate of drug-likeness (QED) is 0.883. The largest absolute Gasteiger partial charge is 0.439 e. The zero-order chi connectivity index (χ0) is 14.8. The highest BCUT2D eigenvalue weighted by molar-refractivity contribution is 6.29. The van der Waals surface area contributed by atoms with Gasteiger partial charge in [0.25, 0.3) is 0 Å². The van der Waals surface area contributed by atoms with Crippen molar-refractivity contribution in [1.29, 1.82) is 0 Å². The Morgan fingerprint density at radius 1 is 1.29 bits per heavy atom. The maximum Gasteiger partial charge on any atom is 0.224 e. The molecule has 6 heteroatoms. The van der Waals surface area contributed by atoms with Crippen LogP contribution in [0.3, 0.4) is 0 Å². The van der Waals surface area contributed by atoms with Gasteiger partial charge in [0.15, 0.2) is 0 Å². The standard InChI is InChI=1S/C15H14ClN3O2/c1-2-13-18-12(16)8-15(19-13)21-10-4-5-11-9(7-10)3-6-14(20)17-11/h4-5,7-8H,2-3,6H2,1H3,(H,17,20). The smallest absolute Gasteiger partial charge is 0.224 e. The Morgan fingerprint density at radius 2 is 2.14 bits per heavy atom. The molecule has 1 aliphatic heterocycles. The SMILES string of the molecule is CCc1nc(Cl)cc(Oc2ccc3c(c2)CCC(=O)N3)n1. The number of rotatable bonds is 3. The third kappa shape index (κ3) is 3.13. The van der Waals surface area contributed by atoms with Crippen molar-refractivity contribution in [3.63, 3.8) is 0 Å². The zero-order valence-electron chi connectivity index (χ0n) is 11.5. The average molecular weight is 304 g/mol. The predicted octanol–water partition coefficient (Wildman–Crippen LogP) is 3.37. The highest BCUT2D eigenvalue weighted by atomic mass is 35.5. The Labute approximate surface area is 127 Å². The van der Waals surface area contributed by atoms with Crippen LogP contribution in [0, 0.1) is 0 Å². The molecule has 0 unspecified atom stereocenters. The maximum atomic E-state index is 11.3. The fourth-order valence-electron chi connectivity index (χ4n) is 2.20. The van der Waals surface area contributed by atoms with Crippen LogP contribution in [0.4, 0.5) is 5.69 Å². The molecule has 1 aliphatic rings. The van der Waals surface area contributed by atoms with Crippen LogP contribution in [0.1, 0.15) is 24.7 Å². The van der Waals surface area contributed by atoms with Crippen LogP contribution in [0.25, 0.3) is 0 Å². The van der Waals surface area contributed by atoms with E-state index in [4.69, 9.17) is 16.3 Å². The van der Waals surface area contributed by atoms with Gasteiger partial charge in [0.2, 0.25) is 11.8 Å². The number of nitrogens with one attached hydrogen (secondary N) is 1. The highest BCUT2D eigenvalue weighted by Gasteiger charge is 2.15. The van der Waals surface area contributed by atoms with Crippen LogP contribution < -0.4 is 10.1 Å². The van der Waals surface area contributed by atoms with Gasteiger partial charge in [-0.3, -0.25) is 4.79 Å². The number of fused-ring (bicyclic) bond motifs is 1. The van der Waals surface area contributed by atoms with E-state index in [9.17, 15) is 4.79 Å². The molecule has 1 aromatic carbocycles. The van der Waals surface area contributed by atoms with Gasteiger partial charge in [0, 0.05) is 24.6 Å². The van der Waals surface area contributed by atoms with Crippen molar-refractivity contribution in [2.45, 2.75) is 26.2 Å². The van der Waals surface area contributed by atoms with E-state index >= 15 is 0 Å². The van der Waals surface area contributed by atoms with E-state index in [1.165, 1.54) is 0 Å². The van der Waals surface area contributed by atoms with Crippen molar-refractivity contribution in [3.05, 3.63) is 40.8 Å². The summed E-state index contributed by atoms with van der Waals surface area (Å²) in [5, 5.41) is 3.20. The highest BCUT2D eigenvalue weighted by Crippen LogP contribution is 2.29. The molecule has 0 saturated carbocycles. The molecule has 21 heavy (non-hydrogen) atoms. The number of nitrogens with zero attached hydrogens (tertiary/aromatic N) is 2. The van der Waals surface area contributed by atoms with Gasteiger partial charge < -0.3 is 10.1 Å². The van der Waals surface area contributed by atoms with Gasteiger partial charge in [-0.25, -0.2) is 4.98 Å². The Balaban J connectivity index is 1.85. The number of carbonyl (C=O) groups excluding carboxylic acids is 1. The minimum Gasteiger partial charge on any atom is -0.439 e. The fraction of sp³-hybridized carbons (Fsp3) is 0.267. The second kappa shape index (κ2) is 5.69. The first-order chi connectivity index (χ1) is 10.1. The molecule has 0 spiro atoms. The molecule has 1 N–H and O–H groups in total. The Bertz CT molecular complexity index is 703. The van der Waals surface area contributed by atoms with E-state index in [0.29, 0.717) is 41.9 Å². The summed E-state index contributed by atoms with van der Waals surface area (Å²) in [6.45, 7) is 1.96. The van der Waals surface area contributed by atoms with Crippen LogP contribution in [0.15, 0.2) is 24.3 Å². The topological polar surface area (TPSA) is 64.1 Å². The van der Waals surface area contributed by atoms with E-state index in [-0.39, 0.29) is 5.91 Å². The average Bonchev–Trinajstić information content (AvgIpc) is 2.47. The summed E-state index contributed by atoms with van der Waals surface area (Å²) in [4.78, 5) is 19.7. The van der Waals surface area contributed by atoms with E-state index in [2.05, 4.69) is 15.3 Å². The Hall–Kier alpha value is -2.14. The first-order valence-electron chi connectivity index (χ1n) is 6.78. The third-order valence-electron chi connectivity index (χ3n) is 3.23. The molecule has 2 aromatic rings. The summed E-state index contributed by atoms with van der Waals surface area (Å²) in [6.07, 6.45) is 1.89. The number of anilines is 1. The van der Waals surface area contributed by atoms with Crippen molar-refractivity contribution < 1.29 is 9.53 Å². The minimum absolute atomic E-state index is 0.0475. The first-order valence-corrected chi connectivity index (χ1v) is 7.16. The molecule has 5 nitrogen and oxygen atoms in total. The van der Waals surface area contributed by atoms with Gasteiger partial charge in [-0.15, -0.1) is 0 Å². The van der Waals surface area contributed by atoms with Gasteiger partial charge in [0.1, 0.15) is 16.7 Å². The van der Waals surface area contributed by atoms with Crippen LogP contribution in [0.2, 0.25) is 5.15 Å². The molecule has 2 heterocycles. The normalized spacial score (nSPS) is 13.5. The molecule has 108 valence electrons. The van der Waals surface area contributed by atoms with Gasteiger partial charge in [0.05, 0.1) is 0 Å². The minimum atomic E-state index is 0.0475. The number of hydrogen-bond acceptors (Lipinski definition) is 4. The van der Waals surface area contributed by atoms with E-state index < -0.39 is 0 Å². The number of hydrogen-bond donors (Lipinski definition) is 1. The molecule has 3 rings (SSSR count). The summed E-state index contributed by atoms with van der Waals surface area (Å²) in [6, 6.07) is 7.13. The van der Waals surface area contributed by atoms with Crippen LogP contribution in [-0.2, 0) is 17.6 Å². The molecular formula is C15H14ClN3O2. The lowest BCUT2D eigenvalue weighted by molar-refractivity contribution is -0.116. The molecule has 0 radical (unpaired) electrons. The fourth-order valence-corrected chi connectivity index (χ4v) is 2.39. The molecule has 1 amide bonds.